The van der Waals surface area contributed by atoms with E-state index in [-0.39, 0.29) is 5.63 Å². The van der Waals surface area contributed by atoms with E-state index in [0.29, 0.717) is 16.6 Å². The van der Waals surface area contributed by atoms with Crippen LogP contribution in [0.4, 0.5) is 5.69 Å². The Morgan fingerprint density at radius 3 is 1.95 bits per heavy atom. The number of unbranched alkanes of at least 4 members (excludes halogenated alkanes) is 10. The molecule has 0 saturated carbocycles. The maximum Gasteiger partial charge on any atom is 0.347 e. The van der Waals surface area contributed by atoms with Gasteiger partial charge in [-0.05, 0) is 37.1 Å². The van der Waals surface area contributed by atoms with Gasteiger partial charge in [-0.25, -0.2) is 9.37 Å². The van der Waals surface area contributed by atoms with Gasteiger partial charge >= 0.3 is 5.63 Å². The third kappa shape index (κ3) is 7.52. The predicted molar refractivity (Wildman–Crippen MR) is 166 cm³/mol. The maximum atomic E-state index is 12.9. The average Bonchev–Trinajstić information content (AvgIpc) is 2.94. The molecular formula is C34H47N2O3+. The van der Waals surface area contributed by atoms with E-state index in [1.54, 1.807) is 0 Å². The van der Waals surface area contributed by atoms with Crippen LogP contribution >= 0.6 is 0 Å². The minimum absolute atomic E-state index is 0.365. The van der Waals surface area contributed by atoms with Crippen molar-refractivity contribution in [1.29, 1.82) is 0 Å². The highest BCUT2D eigenvalue weighted by Gasteiger charge is 2.14. The van der Waals surface area contributed by atoms with Crippen LogP contribution in [0.3, 0.4) is 0 Å². The van der Waals surface area contributed by atoms with E-state index in [1.807, 2.05) is 42.9 Å². The summed E-state index contributed by atoms with van der Waals surface area (Å²) in [5.74, 6) is 0. The summed E-state index contributed by atoms with van der Waals surface area (Å²) in [6, 6.07) is 14.3. The smallest absolute Gasteiger partial charge is 0.347 e. The van der Waals surface area contributed by atoms with E-state index in [1.165, 1.54) is 82.7 Å². The molecule has 0 radical (unpaired) electrons. The first-order valence-corrected chi connectivity index (χ1v) is 15.2. The van der Waals surface area contributed by atoms with Crippen molar-refractivity contribution in [2.45, 2.75) is 90.9 Å². The fraction of sp³-hybridized carbons (Fsp3) is 0.529. The molecule has 0 bridgehead atoms. The van der Waals surface area contributed by atoms with E-state index in [4.69, 9.17) is 8.83 Å². The predicted octanol–water partition coefficient (Wildman–Crippen LogP) is 8.25. The van der Waals surface area contributed by atoms with Gasteiger partial charge in [0.1, 0.15) is 30.6 Å². The molecule has 2 aromatic heterocycles. The Bertz CT molecular complexity index is 1480. The zero-order valence-corrected chi connectivity index (χ0v) is 24.6. The van der Waals surface area contributed by atoms with Crippen molar-refractivity contribution in [3.8, 4) is 0 Å². The van der Waals surface area contributed by atoms with Gasteiger partial charge in [-0.1, -0.05) is 78.1 Å². The zero-order chi connectivity index (χ0) is 27.6. The molecule has 5 heteroatoms. The molecule has 2 aromatic carbocycles. The fourth-order valence-electron chi connectivity index (χ4n) is 5.42. The summed E-state index contributed by atoms with van der Waals surface area (Å²) in [4.78, 5) is 15.4. The highest BCUT2D eigenvalue weighted by molar-refractivity contribution is 6.03. The number of nitrogens with zero attached hydrogens (tertiary/aromatic N) is 2. The van der Waals surface area contributed by atoms with Crippen molar-refractivity contribution in [3.63, 3.8) is 0 Å². The molecule has 0 aliphatic carbocycles. The number of hydrogen-bond acceptors (Lipinski definition) is 4. The van der Waals surface area contributed by atoms with Crippen LogP contribution in [-0.2, 0) is 0 Å². The lowest BCUT2D eigenvalue weighted by Crippen LogP contribution is -2.25. The third-order valence-corrected chi connectivity index (χ3v) is 7.83. The monoisotopic (exact) mass is 531 g/mol. The molecule has 4 aromatic rings. The van der Waals surface area contributed by atoms with Crippen LogP contribution in [0.25, 0.3) is 32.9 Å². The topological polar surface area (TPSA) is 49.6 Å². The van der Waals surface area contributed by atoms with Crippen molar-refractivity contribution < 1.29 is 8.83 Å². The first-order valence-electron chi connectivity index (χ1n) is 15.2. The molecule has 0 N–H and O–H groups in total. The molecule has 210 valence electrons. The minimum atomic E-state index is -0.365. The first-order chi connectivity index (χ1) is 19.0. The second kappa shape index (κ2) is 14.3. The first kappa shape index (κ1) is 28.9. The quantitative estimate of drug-likeness (QED) is 0.0509. The Labute approximate surface area is 233 Å². The summed E-state index contributed by atoms with van der Waals surface area (Å²) in [6.45, 7) is 6.68. The molecule has 0 aliphatic rings. The number of anilines is 1. The van der Waals surface area contributed by atoms with Crippen LogP contribution in [0.5, 0.6) is 0 Å². The SMILES string of the molecule is CCCCCCCCN(CCCCCCCC)c1ccc2cc3c(=O)oc4cc(=[N+](C)C)ccc4c3oc2c1. The minimum Gasteiger partial charge on any atom is -0.455 e. The zero-order valence-electron chi connectivity index (χ0n) is 24.6. The molecule has 0 unspecified atom stereocenters. The van der Waals surface area contributed by atoms with Gasteiger partial charge in [0, 0.05) is 36.3 Å². The number of hydrogen-bond donors (Lipinski definition) is 0. The Morgan fingerprint density at radius 1 is 0.667 bits per heavy atom. The highest BCUT2D eigenvalue weighted by Crippen LogP contribution is 2.30. The summed E-state index contributed by atoms with van der Waals surface area (Å²) in [6.07, 6.45) is 15.6. The van der Waals surface area contributed by atoms with Crippen LogP contribution in [0.2, 0.25) is 0 Å². The second-order valence-electron chi connectivity index (χ2n) is 11.2. The normalized spacial score (nSPS) is 11.6. The standard InChI is InChI=1S/C34H47N2O3/c1-5-7-9-11-13-15-21-36(22-16-14-12-10-8-6-2)28-18-17-26-23-30-33(38-31(26)25-28)29-20-19-27(35(3)4)24-32(29)39-34(30)37/h17-20,23-25H,5-16,21-22H2,1-4H3/q+1. The fourth-order valence-corrected chi connectivity index (χ4v) is 5.42. The largest absolute Gasteiger partial charge is 0.455 e. The van der Waals surface area contributed by atoms with E-state index in [9.17, 15) is 4.79 Å². The van der Waals surface area contributed by atoms with Gasteiger partial charge in [0.15, 0.2) is 5.58 Å². The lowest BCUT2D eigenvalue weighted by atomic mass is 10.1. The van der Waals surface area contributed by atoms with E-state index < -0.39 is 0 Å². The van der Waals surface area contributed by atoms with Crippen LogP contribution in [0.15, 0.2) is 56.1 Å². The lowest BCUT2D eigenvalue weighted by molar-refractivity contribution is 0.563. The van der Waals surface area contributed by atoms with Crippen molar-refractivity contribution in [3.05, 3.63) is 58.2 Å². The molecule has 0 fully saturated rings. The molecule has 0 atom stereocenters. The summed E-state index contributed by atoms with van der Waals surface area (Å²) >= 11 is 0. The molecular weight excluding hydrogens is 484 g/mol. The molecule has 39 heavy (non-hydrogen) atoms. The number of fused-ring (bicyclic) bond motifs is 4. The van der Waals surface area contributed by atoms with Crippen molar-refractivity contribution in [2.24, 2.45) is 0 Å². The summed E-state index contributed by atoms with van der Waals surface area (Å²) < 4.78 is 14.2. The van der Waals surface area contributed by atoms with Crippen LogP contribution in [0.1, 0.15) is 90.9 Å². The molecule has 0 amide bonds. The van der Waals surface area contributed by atoms with Crippen LogP contribution < -0.4 is 20.5 Å². The number of rotatable bonds is 15. The maximum absolute atomic E-state index is 12.9. The molecule has 2 heterocycles. The Hall–Kier alpha value is -3.08. The van der Waals surface area contributed by atoms with Gasteiger partial charge in [-0.3, -0.25) is 0 Å². The molecule has 0 aliphatic heterocycles. The van der Waals surface area contributed by atoms with Crippen LogP contribution in [-0.4, -0.2) is 27.2 Å². The van der Waals surface area contributed by atoms with Gasteiger partial charge in [-0.2, -0.15) is 0 Å². The Kier molecular flexibility index (Phi) is 10.6. The average molecular weight is 532 g/mol. The molecule has 4 rings (SSSR count). The summed E-state index contributed by atoms with van der Waals surface area (Å²) in [7, 11) is 3.95. The van der Waals surface area contributed by atoms with Crippen molar-refractivity contribution >= 4 is 38.6 Å². The Balaban J connectivity index is 1.63. The van der Waals surface area contributed by atoms with Crippen molar-refractivity contribution in [2.75, 3.05) is 32.1 Å². The van der Waals surface area contributed by atoms with E-state index >= 15 is 0 Å². The summed E-state index contributed by atoms with van der Waals surface area (Å²) in [5, 5.41) is 3.20. The molecule has 5 nitrogen and oxygen atoms in total. The number of benzene rings is 2. The van der Waals surface area contributed by atoms with Crippen molar-refractivity contribution in [1.82, 2.24) is 4.58 Å². The van der Waals surface area contributed by atoms with E-state index in [2.05, 4.69) is 36.9 Å². The Morgan fingerprint density at radius 2 is 1.31 bits per heavy atom. The van der Waals surface area contributed by atoms with Gasteiger partial charge in [0.05, 0.1) is 11.5 Å². The van der Waals surface area contributed by atoms with Gasteiger partial charge in [0.2, 0.25) is 5.36 Å². The second-order valence-corrected chi connectivity index (χ2v) is 11.2. The van der Waals surface area contributed by atoms with Gasteiger partial charge < -0.3 is 13.7 Å². The lowest BCUT2D eigenvalue weighted by Gasteiger charge is -2.25. The van der Waals surface area contributed by atoms with Crippen LogP contribution in [0, 0.1) is 0 Å². The van der Waals surface area contributed by atoms with Gasteiger partial charge in [-0.15, -0.1) is 0 Å². The molecule has 0 saturated heterocycles. The molecule has 0 spiro atoms. The summed E-state index contributed by atoms with van der Waals surface area (Å²) in [5.41, 5.74) is 2.78. The van der Waals surface area contributed by atoms with Gasteiger partial charge in [0.25, 0.3) is 0 Å². The van der Waals surface area contributed by atoms with E-state index in [0.717, 1.165) is 34.8 Å². The third-order valence-electron chi connectivity index (χ3n) is 7.83. The highest BCUT2D eigenvalue weighted by atomic mass is 16.4.